The summed E-state index contributed by atoms with van der Waals surface area (Å²) in [6.07, 6.45) is 0. The van der Waals surface area contributed by atoms with Crippen molar-refractivity contribution in [2.75, 3.05) is 38.2 Å². The Morgan fingerprint density at radius 3 is 2.22 bits per heavy atom. The van der Waals surface area contributed by atoms with Crippen molar-refractivity contribution >= 4 is 38.2 Å². The number of benzene rings is 3. The van der Waals surface area contributed by atoms with Crippen LogP contribution in [0.1, 0.15) is 26.5 Å². The van der Waals surface area contributed by atoms with Gasteiger partial charge < -0.3 is 14.5 Å². The van der Waals surface area contributed by atoms with Gasteiger partial charge in [-0.25, -0.2) is 8.42 Å². The zero-order valence-corrected chi connectivity index (χ0v) is 20.2. The Labute approximate surface area is 208 Å². The average molecular weight is 505 g/mol. The number of nitrogens with zero attached hydrogens (tertiary/aromatic N) is 1. The molecule has 0 radical (unpaired) electrons. The molecule has 9 heteroatoms. The molecule has 0 saturated carbocycles. The predicted molar refractivity (Wildman–Crippen MR) is 135 cm³/mol. The van der Waals surface area contributed by atoms with Crippen LogP contribution in [0.3, 0.4) is 0 Å². The second-order valence-corrected chi connectivity index (χ2v) is 10.3. The van der Waals surface area contributed by atoms with Crippen LogP contribution in [0.25, 0.3) is 11.0 Å². The van der Waals surface area contributed by atoms with Gasteiger partial charge in [-0.1, -0.05) is 42.5 Å². The standard InChI is InChI=1S/C27H24N2O6S/c30-23(19-10-12-21(13-11-19)36(32,33)29-14-16-34-17-15-29)18-28-25-22-8-4-5-9-24(22)35-27(25)26(31)20-6-2-1-3-7-20/h1-13,28H,14-18H2. The topological polar surface area (TPSA) is 106 Å². The number of hydrogen-bond donors (Lipinski definition) is 1. The number of furan rings is 1. The summed E-state index contributed by atoms with van der Waals surface area (Å²) in [5, 5.41) is 3.77. The first-order valence-electron chi connectivity index (χ1n) is 11.5. The summed E-state index contributed by atoms with van der Waals surface area (Å²) < 4.78 is 38.1. The summed E-state index contributed by atoms with van der Waals surface area (Å²) >= 11 is 0. The van der Waals surface area contributed by atoms with Crippen molar-refractivity contribution in [2.45, 2.75) is 4.90 Å². The first-order valence-corrected chi connectivity index (χ1v) is 13.0. The SMILES string of the molecule is O=C(CNc1c(C(=O)c2ccccc2)oc2ccccc12)c1ccc(S(=O)(=O)N2CCOCC2)cc1. The minimum absolute atomic E-state index is 0.103. The molecule has 0 atom stereocenters. The van der Waals surface area contributed by atoms with Gasteiger partial charge in [0.05, 0.1) is 30.3 Å². The van der Waals surface area contributed by atoms with E-state index in [9.17, 15) is 18.0 Å². The molecule has 4 aromatic rings. The molecular weight excluding hydrogens is 480 g/mol. The lowest BCUT2D eigenvalue weighted by atomic mass is 10.1. The Morgan fingerprint density at radius 2 is 1.50 bits per heavy atom. The third-order valence-electron chi connectivity index (χ3n) is 6.05. The summed E-state index contributed by atoms with van der Waals surface area (Å²) in [5.41, 5.74) is 1.80. The lowest BCUT2D eigenvalue weighted by Gasteiger charge is -2.26. The number of ketones is 2. The van der Waals surface area contributed by atoms with E-state index in [4.69, 9.17) is 9.15 Å². The van der Waals surface area contributed by atoms with Gasteiger partial charge in [0.1, 0.15) is 5.58 Å². The maximum Gasteiger partial charge on any atom is 0.243 e. The lowest BCUT2D eigenvalue weighted by Crippen LogP contribution is -2.40. The zero-order valence-electron chi connectivity index (χ0n) is 19.3. The normalized spacial score (nSPS) is 14.6. The summed E-state index contributed by atoms with van der Waals surface area (Å²) in [6.45, 7) is 1.22. The minimum Gasteiger partial charge on any atom is -0.450 e. The predicted octanol–water partition coefficient (Wildman–Crippen LogP) is 3.98. The maximum atomic E-state index is 13.1. The van der Waals surface area contributed by atoms with Crippen LogP contribution in [0.15, 0.2) is 88.2 Å². The van der Waals surface area contributed by atoms with Crippen molar-refractivity contribution < 1.29 is 27.2 Å². The van der Waals surface area contributed by atoms with E-state index in [1.807, 2.05) is 24.3 Å². The summed E-state index contributed by atoms with van der Waals surface area (Å²) in [7, 11) is -3.64. The van der Waals surface area contributed by atoms with Gasteiger partial charge >= 0.3 is 0 Å². The largest absolute Gasteiger partial charge is 0.450 e. The van der Waals surface area contributed by atoms with Gasteiger partial charge in [0, 0.05) is 29.6 Å². The summed E-state index contributed by atoms with van der Waals surface area (Å²) in [6, 6.07) is 21.9. The Hall–Kier alpha value is -3.79. The second kappa shape index (κ2) is 10.1. The summed E-state index contributed by atoms with van der Waals surface area (Å²) in [4.78, 5) is 26.2. The van der Waals surface area contributed by atoms with Crippen LogP contribution < -0.4 is 5.32 Å². The molecule has 1 aromatic heterocycles. The number of hydrogen-bond acceptors (Lipinski definition) is 7. The first kappa shape index (κ1) is 23.9. The van der Waals surface area contributed by atoms with E-state index < -0.39 is 10.0 Å². The van der Waals surface area contributed by atoms with Crippen molar-refractivity contribution in [3.05, 3.63) is 95.7 Å². The fourth-order valence-corrected chi connectivity index (χ4v) is 5.53. The monoisotopic (exact) mass is 504 g/mol. The van der Waals surface area contributed by atoms with Crippen LogP contribution >= 0.6 is 0 Å². The number of fused-ring (bicyclic) bond motifs is 1. The van der Waals surface area contributed by atoms with Crippen LogP contribution in [0.5, 0.6) is 0 Å². The van der Waals surface area contributed by atoms with Gasteiger partial charge in [-0.05, 0) is 36.4 Å². The van der Waals surface area contributed by atoms with Gasteiger partial charge in [0.15, 0.2) is 11.5 Å². The summed E-state index contributed by atoms with van der Waals surface area (Å²) in [5.74, 6) is -0.421. The van der Waals surface area contributed by atoms with Crippen molar-refractivity contribution in [1.29, 1.82) is 0 Å². The highest BCUT2D eigenvalue weighted by Crippen LogP contribution is 2.32. The first-order chi connectivity index (χ1) is 17.4. The van der Waals surface area contributed by atoms with Crippen LogP contribution in [0.2, 0.25) is 0 Å². The van der Waals surface area contributed by atoms with E-state index >= 15 is 0 Å². The van der Waals surface area contributed by atoms with E-state index in [1.54, 1.807) is 30.3 Å². The molecular formula is C27H24N2O6S. The highest BCUT2D eigenvalue weighted by molar-refractivity contribution is 7.89. The number of para-hydroxylation sites is 1. The van der Waals surface area contributed by atoms with Gasteiger partial charge in [-0.3, -0.25) is 9.59 Å². The van der Waals surface area contributed by atoms with Gasteiger partial charge in [0.25, 0.3) is 0 Å². The van der Waals surface area contributed by atoms with Crippen LogP contribution in [-0.2, 0) is 14.8 Å². The number of rotatable bonds is 8. The second-order valence-electron chi connectivity index (χ2n) is 8.32. The molecule has 1 aliphatic heterocycles. The lowest BCUT2D eigenvalue weighted by molar-refractivity contribution is 0.0730. The van der Waals surface area contributed by atoms with Gasteiger partial charge in [-0.15, -0.1) is 0 Å². The van der Waals surface area contributed by atoms with E-state index in [1.165, 1.54) is 28.6 Å². The molecule has 1 saturated heterocycles. The molecule has 5 rings (SSSR count). The third kappa shape index (κ3) is 4.68. The smallest absolute Gasteiger partial charge is 0.243 e. The number of anilines is 1. The Bertz CT molecular complexity index is 1510. The van der Waals surface area contributed by atoms with E-state index in [-0.39, 0.29) is 28.8 Å². The molecule has 0 spiro atoms. The van der Waals surface area contributed by atoms with Gasteiger partial charge in [0.2, 0.25) is 15.8 Å². The quantitative estimate of drug-likeness (QED) is 0.362. The zero-order chi connectivity index (χ0) is 25.1. The van der Waals surface area contributed by atoms with E-state index in [2.05, 4.69) is 5.32 Å². The Morgan fingerprint density at radius 1 is 0.833 bits per heavy atom. The molecule has 1 aliphatic rings. The molecule has 1 fully saturated rings. The average Bonchev–Trinajstić information content (AvgIpc) is 3.31. The molecule has 0 amide bonds. The highest BCUT2D eigenvalue weighted by Gasteiger charge is 2.27. The fraction of sp³-hybridized carbons (Fsp3) is 0.185. The van der Waals surface area contributed by atoms with Gasteiger partial charge in [-0.2, -0.15) is 4.31 Å². The number of morpholine rings is 1. The number of ether oxygens (including phenoxy) is 1. The van der Waals surface area contributed by atoms with Crippen molar-refractivity contribution in [3.8, 4) is 0 Å². The molecule has 8 nitrogen and oxygen atoms in total. The van der Waals surface area contributed by atoms with Crippen LogP contribution in [0.4, 0.5) is 5.69 Å². The van der Waals surface area contributed by atoms with E-state index in [0.29, 0.717) is 54.1 Å². The number of Topliss-reactive ketones (excluding diaryl/α,β-unsaturated/α-hetero) is 1. The molecule has 0 unspecified atom stereocenters. The van der Waals surface area contributed by atoms with Crippen LogP contribution in [-0.4, -0.2) is 57.1 Å². The molecule has 36 heavy (non-hydrogen) atoms. The highest BCUT2D eigenvalue weighted by atomic mass is 32.2. The Balaban J connectivity index is 1.35. The molecule has 0 bridgehead atoms. The fourth-order valence-electron chi connectivity index (χ4n) is 4.12. The molecule has 0 aliphatic carbocycles. The van der Waals surface area contributed by atoms with Crippen molar-refractivity contribution in [1.82, 2.24) is 4.31 Å². The third-order valence-corrected chi connectivity index (χ3v) is 7.96. The molecule has 3 aromatic carbocycles. The molecule has 184 valence electrons. The van der Waals surface area contributed by atoms with Crippen molar-refractivity contribution in [3.63, 3.8) is 0 Å². The maximum absolute atomic E-state index is 13.1. The minimum atomic E-state index is -3.64. The van der Waals surface area contributed by atoms with Crippen molar-refractivity contribution in [2.24, 2.45) is 0 Å². The molecule has 2 heterocycles. The molecule has 1 N–H and O–H groups in total. The van der Waals surface area contributed by atoms with Crippen LogP contribution in [0, 0.1) is 0 Å². The number of carbonyl (C=O) groups is 2. The van der Waals surface area contributed by atoms with E-state index in [0.717, 1.165) is 0 Å². The number of sulfonamides is 1. The Kier molecular flexibility index (Phi) is 6.69. The number of nitrogens with one attached hydrogen (secondary N) is 1. The number of carbonyl (C=O) groups excluding carboxylic acids is 2.